The van der Waals surface area contributed by atoms with Crippen molar-refractivity contribution in [1.82, 2.24) is 4.90 Å². The largest absolute Gasteiger partial charge is 0.481 e. The monoisotopic (exact) mass is 318 g/mol. The van der Waals surface area contributed by atoms with Crippen LogP contribution in [0.4, 0.5) is 0 Å². The van der Waals surface area contributed by atoms with Gasteiger partial charge in [-0.05, 0) is 56.4 Å². The van der Waals surface area contributed by atoms with Crippen molar-refractivity contribution in [2.75, 3.05) is 13.1 Å². The van der Waals surface area contributed by atoms with Crippen LogP contribution in [0.3, 0.4) is 0 Å². The molecule has 1 saturated heterocycles. The van der Waals surface area contributed by atoms with E-state index in [9.17, 15) is 9.59 Å². The summed E-state index contributed by atoms with van der Waals surface area (Å²) >= 11 is 0. The molecule has 126 valence electrons. The molecule has 5 nitrogen and oxygen atoms in total. The second-order valence-electron chi connectivity index (χ2n) is 6.26. The van der Waals surface area contributed by atoms with Gasteiger partial charge in [0.05, 0.1) is 0 Å². The topological polar surface area (TPSA) is 72.6 Å². The average molecular weight is 318 g/mol. The normalized spacial score (nSPS) is 16.9. The fourth-order valence-electron chi connectivity index (χ4n) is 2.85. The maximum atomic E-state index is 12.6. The van der Waals surface area contributed by atoms with Gasteiger partial charge in [0.15, 0.2) is 6.10 Å². The molecule has 1 aromatic carbocycles. The summed E-state index contributed by atoms with van der Waals surface area (Å²) in [6, 6.07) is 5.86. The molecule has 1 aliphatic heterocycles. The Kier molecular flexibility index (Phi) is 5.64. The Morgan fingerprint density at radius 3 is 2.43 bits per heavy atom. The van der Waals surface area contributed by atoms with Gasteiger partial charge in [0.25, 0.3) is 5.91 Å². The van der Waals surface area contributed by atoms with Crippen LogP contribution >= 0.6 is 0 Å². The highest BCUT2D eigenvalue weighted by atomic mass is 16.5. The number of primary amides is 1. The lowest BCUT2D eigenvalue weighted by atomic mass is 9.96. The molecule has 23 heavy (non-hydrogen) atoms. The highest BCUT2D eigenvalue weighted by molar-refractivity contribution is 5.82. The third kappa shape index (κ3) is 4.24. The van der Waals surface area contributed by atoms with Crippen molar-refractivity contribution in [2.24, 2.45) is 11.7 Å². The molecule has 5 heteroatoms. The zero-order chi connectivity index (χ0) is 17.0. The second kappa shape index (κ2) is 7.49. The van der Waals surface area contributed by atoms with Crippen molar-refractivity contribution in [2.45, 2.75) is 46.1 Å². The van der Waals surface area contributed by atoms with E-state index in [1.54, 1.807) is 4.90 Å². The Morgan fingerprint density at radius 2 is 1.91 bits per heavy atom. The summed E-state index contributed by atoms with van der Waals surface area (Å²) in [6.45, 7) is 7.16. The molecular weight excluding hydrogens is 292 g/mol. The summed E-state index contributed by atoms with van der Waals surface area (Å²) in [7, 11) is 0. The molecule has 0 aromatic heterocycles. The molecule has 2 amide bonds. The van der Waals surface area contributed by atoms with E-state index in [2.05, 4.69) is 0 Å². The first-order valence-corrected chi connectivity index (χ1v) is 8.24. The van der Waals surface area contributed by atoms with Gasteiger partial charge in [-0.1, -0.05) is 13.0 Å². The van der Waals surface area contributed by atoms with E-state index in [0.717, 1.165) is 11.3 Å². The fraction of sp³-hybridized carbons (Fsp3) is 0.556. The molecule has 0 radical (unpaired) electrons. The highest BCUT2D eigenvalue weighted by Crippen LogP contribution is 2.21. The number of piperidine rings is 1. The number of likely N-dealkylation sites (tertiary alicyclic amines) is 1. The number of amides is 2. The number of carbonyl (C=O) groups excluding carboxylic acids is 2. The van der Waals surface area contributed by atoms with Crippen LogP contribution < -0.4 is 10.5 Å². The van der Waals surface area contributed by atoms with E-state index < -0.39 is 6.10 Å². The van der Waals surface area contributed by atoms with Crippen molar-refractivity contribution in [3.05, 3.63) is 29.3 Å². The van der Waals surface area contributed by atoms with Gasteiger partial charge in [0.1, 0.15) is 5.75 Å². The second-order valence-corrected chi connectivity index (χ2v) is 6.26. The molecule has 2 N–H and O–H groups in total. The molecule has 2 rings (SSSR count). The number of hydrogen-bond donors (Lipinski definition) is 1. The van der Waals surface area contributed by atoms with E-state index >= 15 is 0 Å². The quantitative estimate of drug-likeness (QED) is 0.904. The van der Waals surface area contributed by atoms with Gasteiger partial charge in [0, 0.05) is 19.0 Å². The van der Waals surface area contributed by atoms with Crippen LogP contribution in [-0.2, 0) is 9.59 Å². The Balaban J connectivity index is 1.98. The van der Waals surface area contributed by atoms with Gasteiger partial charge < -0.3 is 15.4 Å². The minimum atomic E-state index is -0.484. The molecule has 1 atom stereocenters. The predicted molar refractivity (Wildman–Crippen MR) is 89.1 cm³/mol. The van der Waals surface area contributed by atoms with Crippen LogP contribution in [0.25, 0.3) is 0 Å². The number of aryl methyl sites for hydroxylation is 2. The van der Waals surface area contributed by atoms with Gasteiger partial charge in [-0.2, -0.15) is 0 Å². The average Bonchev–Trinajstić information content (AvgIpc) is 2.55. The molecule has 1 heterocycles. The number of benzene rings is 1. The zero-order valence-electron chi connectivity index (χ0n) is 14.2. The van der Waals surface area contributed by atoms with E-state index in [4.69, 9.17) is 10.5 Å². The molecule has 1 aromatic rings. The molecule has 1 fully saturated rings. The van der Waals surface area contributed by atoms with Crippen LogP contribution in [0.5, 0.6) is 5.75 Å². The number of carbonyl (C=O) groups is 2. The van der Waals surface area contributed by atoms with E-state index in [-0.39, 0.29) is 17.7 Å². The lowest BCUT2D eigenvalue weighted by molar-refractivity contribution is -0.141. The Hall–Kier alpha value is -2.04. The molecule has 0 spiro atoms. The minimum Gasteiger partial charge on any atom is -0.481 e. The maximum absolute atomic E-state index is 12.6. The lowest BCUT2D eigenvalue weighted by Gasteiger charge is -2.33. The van der Waals surface area contributed by atoms with Gasteiger partial charge >= 0.3 is 0 Å². The standard InChI is InChI=1S/C18H26N2O3/c1-4-16(23-15-6-5-12(2)13(3)11-15)18(22)20-9-7-14(8-10-20)17(19)21/h5-6,11,14,16H,4,7-10H2,1-3H3,(H2,19,21)/t16-/m0/s1. The molecule has 0 aliphatic carbocycles. The first kappa shape index (κ1) is 17.3. The highest BCUT2D eigenvalue weighted by Gasteiger charge is 2.30. The Labute approximate surface area is 137 Å². The third-order valence-corrected chi connectivity index (χ3v) is 4.61. The third-order valence-electron chi connectivity index (χ3n) is 4.61. The first-order valence-electron chi connectivity index (χ1n) is 8.24. The van der Waals surface area contributed by atoms with Crippen molar-refractivity contribution in [3.8, 4) is 5.75 Å². The summed E-state index contributed by atoms with van der Waals surface area (Å²) in [5, 5.41) is 0. The van der Waals surface area contributed by atoms with Crippen molar-refractivity contribution < 1.29 is 14.3 Å². The molecule has 0 unspecified atom stereocenters. The number of ether oxygens (including phenoxy) is 1. The van der Waals surface area contributed by atoms with Gasteiger partial charge in [-0.3, -0.25) is 9.59 Å². The fourth-order valence-corrected chi connectivity index (χ4v) is 2.85. The number of hydrogen-bond acceptors (Lipinski definition) is 3. The van der Waals surface area contributed by atoms with E-state index in [0.29, 0.717) is 32.4 Å². The van der Waals surface area contributed by atoms with Crippen molar-refractivity contribution in [3.63, 3.8) is 0 Å². The van der Waals surface area contributed by atoms with E-state index in [1.165, 1.54) is 5.56 Å². The minimum absolute atomic E-state index is 0.00588. The van der Waals surface area contributed by atoms with Gasteiger partial charge in [-0.25, -0.2) is 0 Å². The van der Waals surface area contributed by atoms with Crippen molar-refractivity contribution in [1.29, 1.82) is 0 Å². The Morgan fingerprint density at radius 1 is 1.26 bits per heavy atom. The molecule has 0 saturated carbocycles. The smallest absolute Gasteiger partial charge is 0.263 e. The zero-order valence-corrected chi connectivity index (χ0v) is 14.2. The lowest BCUT2D eigenvalue weighted by Crippen LogP contribution is -2.47. The maximum Gasteiger partial charge on any atom is 0.263 e. The SMILES string of the molecule is CC[C@H](Oc1ccc(C)c(C)c1)C(=O)N1CCC(C(N)=O)CC1. The summed E-state index contributed by atoms with van der Waals surface area (Å²) in [5.41, 5.74) is 7.68. The van der Waals surface area contributed by atoms with E-state index in [1.807, 2.05) is 39.0 Å². The van der Waals surface area contributed by atoms with Crippen LogP contribution in [-0.4, -0.2) is 35.9 Å². The number of nitrogens with zero attached hydrogens (tertiary/aromatic N) is 1. The van der Waals surface area contributed by atoms with Gasteiger partial charge in [0.2, 0.25) is 5.91 Å². The molecule has 0 bridgehead atoms. The molecular formula is C18H26N2O3. The van der Waals surface area contributed by atoms with Crippen LogP contribution in [0.15, 0.2) is 18.2 Å². The Bertz CT molecular complexity index is 578. The summed E-state index contributed by atoms with van der Waals surface area (Å²) in [5.74, 6) is 0.337. The number of nitrogens with two attached hydrogens (primary N) is 1. The summed E-state index contributed by atoms with van der Waals surface area (Å²) in [4.78, 5) is 25.6. The van der Waals surface area contributed by atoms with Crippen LogP contribution in [0, 0.1) is 19.8 Å². The van der Waals surface area contributed by atoms with Gasteiger partial charge in [-0.15, -0.1) is 0 Å². The van der Waals surface area contributed by atoms with Crippen LogP contribution in [0.1, 0.15) is 37.3 Å². The molecule has 1 aliphatic rings. The van der Waals surface area contributed by atoms with Crippen molar-refractivity contribution >= 4 is 11.8 Å². The predicted octanol–water partition coefficient (Wildman–Crippen LogP) is 2.18. The summed E-state index contributed by atoms with van der Waals surface area (Å²) < 4.78 is 5.91. The first-order chi connectivity index (χ1) is 10.9. The van der Waals surface area contributed by atoms with Crippen LogP contribution in [0.2, 0.25) is 0 Å². The summed E-state index contributed by atoms with van der Waals surface area (Å²) in [6.07, 6.45) is 1.41. The number of rotatable bonds is 5.